The molecule has 0 aliphatic heterocycles. The summed E-state index contributed by atoms with van der Waals surface area (Å²) in [5, 5.41) is 3.30. The molecule has 0 fully saturated rings. The highest BCUT2D eigenvalue weighted by Crippen LogP contribution is 2.03. The fourth-order valence-corrected chi connectivity index (χ4v) is 1.76. The van der Waals surface area contributed by atoms with Crippen LogP contribution in [0.5, 0.6) is 0 Å². The monoisotopic (exact) mass is 236 g/mol. The van der Waals surface area contributed by atoms with Gasteiger partial charge in [-0.3, -0.25) is 4.90 Å². The van der Waals surface area contributed by atoms with Crippen LogP contribution in [0.1, 0.15) is 5.56 Å². The van der Waals surface area contributed by atoms with E-state index in [1.807, 2.05) is 6.07 Å². The van der Waals surface area contributed by atoms with E-state index >= 15 is 0 Å². The fraction of sp³-hybridized carbons (Fsp3) is 0.538. The Balaban J connectivity index is 2.32. The number of hydrogen-bond donors (Lipinski definition) is 3. The molecule has 0 saturated heterocycles. The molecule has 0 amide bonds. The molecule has 96 valence electrons. The van der Waals surface area contributed by atoms with Crippen LogP contribution in [0.2, 0.25) is 0 Å². The minimum absolute atomic E-state index is 0.690. The average Bonchev–Trinajstić information content (AvgIpc) is 2.36. The zero-order chi connectivity index (χ0) is 12.3. The highest BCUT2D eigenvalue weighted by molar-refractivity contribution is 5.14. The Kier molecular flexibility index (Phi) is 7.58. The van der Waals surface area contributed by atoms with Crippen molar-refractivity contribution in [3.05, 3.63) is 35.9 Å². The molecule has 0 aliphatic carbocycles. The predicted molar refractivity (Wildman–Crippen MR) is 72.7 cm³/mol. The maximum Gasteiger partial charge on any atom is 0.0234 e. The van der Waals surface area contributed by atoms with E-state index in [9.17, 15) is 0 Å². The van der Waals surface area contributed by atoms with Crippen LogP contribution >= 0.6 is 0 Å². The first-order valence-corrected chi connectivity index (χ1v) is 6.24. The van der Waals surface area contributed by atoms with E-state index < -0.39 is 0 Å². The Morgan fingerprint density at radius 3 is 2.35 bits per heavy atom. The van der Waals surface area contributed by atoms with Crippen molar-refractivity contribution in [1.82, 2.24) is 10.2 Å². The van der Waals surface area contributed by atoms with Crippen LogP contribution in [-0.4, -0.2) is 44.2 Å². The van der Waals surface area contributed by atoms with E-state index in [1.165, 1.54) is 5.56 Å². The predicted octanol–water partition coefficient (Wildman–Crippen LogP) is -0.00440. The summed E-state index contributed by atoms with van der Waals surface area (Å²) in [6.07, 6.45) is 0. The van der Waals surface area contributed by atoms with Gasteiger partial charge in [-0.1, -0.05) is 30.3 Å². The standard InChI is InChI=1S/C13H24N4/c14-6-8-16-9-11-17(10-7-15)12-13-4-2-1-3-5-13/h1-5,16H,6-12,14-15H2. The van der Waals surface area contributed by atoms with Crippen LogP contribution in [0.25, 0.3) is 0 Å². The Hall–Kier alpha value is -0.940. The fourth-order valence-electron chi connectivity index (χ4n) is 1.76. The third-order valence-electron chi connectivity index (χ3n) is 2.62. The summed E-state index contributed by atoms with van der Waals surface area (Å²) in [6, 6.07) is 10.5. The molecule has 1 aromatic carbocycles. The second-order valence-electron chi connectivity index (χ2n) is 4.09. The zero-order valence-corrected chi connectivity index (χ0v) is 10.4. The molecular weight excluding hydrogens is 212 g/mol. The maximum absolute atomic E-state index is 5.63. The first-order chi connectivity index (χ1) is 8.36. The molecule has 0 unspecified atom stereocenters. The molecule has 0 aromatic heterocycles. The van der Waals surface area contributed by atoms with Crippen LogP contribution < -0.4 is 16.8 Å². The van der Waals surface area contributed by atoms with Crippen molar-refractivity contribution in [3.63, 3.8) is 0 Å². The highest BCUT2D eigenvalue weighted by Gasteiger charge is 2.04. The summed E-state index contributed by atoms with van der Waals surface area (Å²) < 4.78 is 0. The summed E-state index contributed by atoms with van der Waals surface area (Å²) in [7, 11) is 0. The van der Waals surface area contributed by atoms with Crippen LogP contribution in [0.15, 0.2) is 30.3 Å². The molecule has 1 aromatic rings. The van der Waals surface area contributed by atoms with Crippen LogP contribution in [-0.2, 0) is 6.54 Å². The number of nitrogens with zero attached hydrogens (tertiary/aromatic N) is 1. The lowest BCUT2D eigenvalue weighted by atomic mass is 10.2. The highest BCUT2D eigenvalue weighted by atomic mass is 15.1. The Bertz CT molecular complexity index is 276. The first kappa shape index (κ1) is 14.1. The Morgan fingerprint density at radius 2 is 1.71 bits per heavy atom. The summed E-state index contributed by atoms with van der Waals surface area (Å²) in [4.78, 5) is 2.36. The lowest BCUT2D eigenvalue weighted by Crippen LogP contribution is -2.36. The molecule has 0 heterocycles. The van der Waals surface area contributed by atoms with Gasteiger partial charge in [-0.05, 0) is 5.56 Å². The van der Waals surface area contributed by atoms with Gasteiger partial charge in [-0.2, -0.15) is 0 Å². The Labute approximate surface area is 104 Å². The number of rotatable bonds is 9. The number of hydrogen-bond acceptors (Lipinski definition) is 4. The normalized spacial score (nSPS) is 11.0. The second-order valence-corrected chi connectivity index (χ2v) is 4.09. The molecule has 17 heavy (non-hydrogen) atoms. The van der Waals surface area contributed by atoms with Gasteiger partial charge in [0.1, 0.15) is 0 Å². The number of nitrogens with one attached hydrogen (secondary N) is 1. The van der Waals surface area contributed by atoms with E-state index in [4.69, 9.17) is 11.5 Å². The van der Waals surface area contributed by atoms with Gasteiger partial charge in [0.05, 0.1) is 0 Å². The lowest BCUT2D eigenvalue weighted by molar-refractivity contribution is 0.273. The summed E-state index contributed by atoms with van der Waals surface area (Å²) in [5.41, 5.74) is 12.4. The van der Waals surface area contributed by atoms with Crippen molar-refractivity contribution in [3.8, 4) is 0 Å². The first-order valence-electron chi connectivity index (χ1n) is 6.24. The van der Waals surface area contributed by atoms with E-state index in [1.54, 1.807) is 0 Å². The smallest absolute Gasteiger partial charge is 0.0234 e. The van der Waals surface area contributed by atoms with Gasteiger partial charge >= 0.3 is 0 Å². The average molecular weight is 236 g/mol. The minimum atomic E-state index is 0.690. The zero-order valence-electron chi connectivity index (χ0n) is 10.4. The topological polar surface area (TPSA) is 67.3 Å². The van der Waals surface area contributed by atoms with Gasteiger partial charge in [-0.25, -0.2) is 0 Å². The third-order valence-corrected chi connectivity index (χ3v) is 2.62. The van der Waals surface area contributed by atoms with Gasteiger partial charge in [0.25, 0.3) is 0 Å². The van der Waals surface area contributed by atoms with Crippen LogP contribution in [0.4, 0.5) is 0 Å². The molecule has 1 rings (SSSR count). The number of benzene rings is 1. The van der Waals surface area contributed by atoms with Gasteiger partial charge < -0.3 is 16.8 Å². The van der Waals surface area contributed by atoms with Crippen molar-refractivity contribution >= 4 is 0 Å². The molecule has 0 saturated carbocycles. The summed E-state index contributed by atoms with van der Waals surface area (Å²) >= 11 is 0. The quantitative estimate of drug-likeness (QED) is 0.528. The molecule has 0 bridgehead atoms. The molecule has 5 N–H and O–H groups in total. The maximum atomic E-state index is 5.63. The summed E-state index contributed by atoms with van der Waals surface area (Å²) in [5.74, 6) is 0. The van der Waals surface area contributed by atoms with Gasteiger partial charge in [0.15, 0.2) is 0 Å². The van der Waals surface area contributed by atoms with Gasteiger partial charge in [0, 0.05) is 45.8 Å². The molecular formula is C13H24N4. The molecule has 0 aliphatic rings. The van der Waals surface area contributed by atoms with Crippen LogP contribution in [0, 0.1) is 0 Å². The van der Waals surface area contributed by atoms with E-state index in [0.29, 0.717) is 13.1 Å². The third kappa shape index (κ3) is 6.38. The van der Waals surface area contributed by atoms with Gasteiger partial charge in [0.2, 0.25) is 0 Å². The molecule has 0 spiro atoms. The molecule has 0 radical (unpaired) electrons. The minimum Gasteiger partial charge on any atom is -0.329 e. The van der Waals surface area contributed by atoms with E-state index in [-0.39, 0.29) is 0 Å². The number of nitrogens with two attached hydrogens (primary N) is 2. The van der Waals surface area contributed by atoms with Gasteiger partial charge in [-0.15, -0.1) is 0 Å². The van der Waals surface area contributed by atoms with Crippen molar-refractivity contribution in [1.29, 1.82) is 0 Å². The van der Waals surface area contributed by atoms with E-state index in [2.05, 4.69) is 34.5 Å². The van der Waals surface area contributed by atoms with Crippen LogP contribution in [0.3, 0.4) is 0 Å². The van der Waals surface area contributed by atoms with Crippen molar-refractivity contribution in [2.24, 2.45) is 11.5 Å². The molecule has 4 heteroatoms. The largest absolute Gasteiger partial charge is 0.329 e. The SMILES string of the molecule is NCCNCCN(CCN)Cc1ccccc1. The van der Waals surface area contributed by atoms with Crippen molar-refractivity contribution in [2.75, 3.05) is 39.3 Å². The Morgan fingerprint density at radius 1 is 0.941 bits per heavy atom. The lowest BCUT2D eigenvalue weighted by Gasteiger charge is -2.21. The van der Waals surface area contributed by atoms with Crippen molar-refractivity contribution in [2.45, 2.75) is 6.54 Å². The van der Waals surface area contributed by atoms with Crippen molar-refractivity contribution < 1.29 is 0 Å². The van der Waals surface area contributed by atoms with E-state index in [0.717, 1.165) is 32.7 Å². The summed E-state index contributed by atoms with van der Waals surface area (Å²) in [6.45, 7) is 6.12. The molecule has 0 atom stereocenters. The second kappa shape index (κ2) is 9.13. The molecule has 4 nitrogen and oxygen atoms in total.